The van der Waals surface area contributed by atoms with E-state index in [1.807, 2.05) is 24.3 Å². The van der Waals surface area contributed by atoms with E-state index >= 15 is 0 Å². The molecule has 2 rings (SSSR count). The van der Waals surface area contributed by atoms with Crippen LogP contribution in [0.25, 0.3) is 0 Å². The van der Waals surface area contributed by atoms with E-state index in [0.717, 1.165) is 31.5 Å². The molecule has 1 aliphatic heterocycles. The molecule has 24 heavy (non-hydrogen) atoms. The molecule has 0 radical (unpaired) electrons. The number of thioether (sulfide) groups is 1. The summed E-state index contributed by atoms with van der Waals surface area (Å²) in [5, 5.41) is 7.01. The molecule has 1 fully saturated rings. The summed E-state index contributed by atoms with van der Waals surface area (Å²) < 4.78 is 5.39. The Bertz CT molecular complexity index is 497. The summed E-state index contributed by atoms with van der Waals surface area (Å²) in [6.07, 6.45) is 2.07. The van der Waals surface area contributed by atoms with Crippen molar-refractivity contribution in [2.45, 2.75) is 36.8 Å². The maximum Gasteiger partial charge on any atom is 0.251 e. The van der Waals surface area contributed by atoms with Gasteiger partial charge in [-0.3, -0.25) is 4.79 Å². The Labute approximate surface area is 155 Å². The molecule has 4 nitrogen and oxygen atoms in total. The molecule has 1 aliphatic rings. The molecule has 6 heteroatoms. The number of piperidine rings is 1. The highest BCUT2D eigenvalue weighted by atomic mass is 35.5. The lowest BCUT2D eigenvalue weighted by atomic mass is 9.79. The Morgan fingerprint density at radius 1 is 1.29 bits per heavy atom. The van der Waals surface area contributed by atoms with Gasteiger partial charge in [-0.05, 0) is 50.2 Å². The zero-order chi connectivity index (χ0) is 16.7. The van der Waals surface area contributed by atoms with Crippen LogP contribution in [-0.2, 0) is 4.74 Å². The number of benzene rings is 1. The average molecular weight is 373 g/mol. The van der Waals surface area contributed by atoms with Crippen LogP contribution in [0.5, 0.6) is 0 Å². The van der Waals surface area contributed by atoms with Gasteiger partial charge in [-0.25, -0.2) is 0 Å². The van der Waals surface area contributed by atoms with Crippen molar-refractivity contribution in [2.24, 2.45) is 5.41 Å². The van der Waals surface area contributed by atoms with Gasteiger partial charge >= 0.3 is 0 Å². The SMILES string of the molecule is COCC1(CNC(=O)c2ccc(SC(C)C)cc2)CCNCC1.Cl. The lowest BCUT2D eigenvalue weighted by Crippen LogP contribution is -2.47. The third kappa shape index (κ3) is 6.28. The molecule has 0 aromatic heterocycles. The van der Waals surface area contributed by atoms with Gasteiger partial charge < -0.3 is 15.4 Å². The van der Waals surface area contributed by atoms with E-state index in [9.17, 15) is 4.79 Å². The van der Waals surface area contributed by atoms with Crippen LogP contribution >= 0.6 is 24.2 Å². The smallest absolute Gasteiger partial charge is 0.251 e. The highest BCUT2D eigenvalue weighted by Gasteiger charge is 2.32. The molecule has 0 aliphatic carbocycles. The van der Waals surface area contributed by atoms with Crippen molar-refractivity contribution < 1.29 is 9.53 Å². The summed E-state index contributed by atoms with van der Waals surface area (Å²) >= 11 is 1.81. The predicted molar refractivity (Wildman–Crippen MR) is 103 cm³/mol. The Hall–Kier alpha value is -0.750. The van der Waals surface area contributed by atoms with Gasteiger partial charge in [0.25, 0.3) is 5.91 Å². The van der Waals surface area contributed by atoms with Crippen LogP contribution in [-0.4, -0.2) is 44.5 Å². The molecule has 2 N–H and O–H groups in total. The molecule has 1 aromatic rings. The van der Waals surface area contributed by atoms with Crippen LogP contribution in [0.15, 0.2) is 29.2 Å². The minimum Gasteiger partial charge on any atom is -0.384 e. The van der Waals surface area contributed by atoms with E-state index < -0.39 is 0 Å². The first-order valence-electron chi connectivity index (χ1n) is 8.29. The van der Waals surface area contributed by atoms with Gasteiger partial charge in [-0.1, -0.05) is 13.8 Å². The second-order valence-corrected chi connectivity index (χ2v) is 8.21. The zero-order valence-electron chi connectivity index (χ0n) is 14.8. The number of halogens is 1. The molecule has 1 aromatic carbocycles. The monoisotopic (exact) mass is 372 g/mol. The molecule has 0 spiro atoms. The van der Waals surface area contributed by atoms with E-state index in [0.29, 0.717) is 18.4 Å². The van der Waals surface area contributed by atoms with Gasteiger partial charge in [-0.2, -0.15) is 0 Å². The third-order valence-corrected chi connectivity index (χ3v) is 5.24. The number of hydrogen-bond acceptors (Lipinski definition) is 4. The largest absolute Gasteiger partial charge is 0.384 e. The normalized spacial score (nSPS) is 16.5. The maximum absolute atomic E-state index is 12.4. The van der Waals surface area contributed by atoms with Crippen molar-refractivity contribution in [3.63, 3.8) is 0 Å². The Balaban J connectivity index is 0.00000288. The number of nitrogens with one attached hydrogen (secondary N) is 2. The number of ether oxygens (including phenoxy) is 1. The van der Waals surface area contributed by atoms with Crippen LogP contribution in [0.2, 0.25) is 0 Å². The van der Waals surface area contributed by atoms with Crippen molar-refractivity contribution in [1.29, 1.82) is 0 Å². The summed E-state index contributed by atoms with van der Waals surface area (Å²) in [4.78, 5) is 13.6. The molecular formula is C18H29ClN2O2S. The molecule has 1 heterocycles. The third-order valence-electron chi connectivity index (χ3n) is 4.23. The number of amides is 1. The molecule has 136 valence electrons. The topological polar surface area (TPSA) is 50.4 Å². The fourth-order valence-electron chi connectivity index (χ4n) is 2.96. The van der Waals surface area contributed by atoms with E-state index in [2.05, 4.69) is 24.5 Å². The predicted octanol–water partition coefficient (Wildman–Crippen LogP) is 3.35. The fraction of sp³-hybridized carbons (Fsp3) is 0.611. The van der Waals surface area contributed by atoms with Gasteiger partial charge in [0.05, 0.1) is 6.61 Å². The van der Waals surface area contributed by atoms with Gasteiger partial charge in [0.2, 0.25) is 0 Å². The van der Waals surface area contributed by atoms with Gasteiger partial charge in [0.1, 0.15) is 0 Å². The number of methoxy groups -OCH3 is 1. The van der Waals surface area contributed by atoms with Gasteiger partial charge in [0, 0.05) is 34.8 Å². The molecule has 0 saturated carbocycles. The Morgan fingerprint density at radius 3 is 2.46 bits per heavy atom. The lowest BCUT2D eigenvalue weighted by Gasteiger charge is -2.37. The maximum atomic E-state index is 12.4. The number of carbonyl (C=O) groups excluding carboxylic acids is 1. The highest BCUT2D eigenvalue weighted by Crippen LogP contribution is 2.28. The Kier molecular flexibility index (Phi) is 9.13. The molecular weight excluding hydrogens is 344 g/mol. The summed E-state index contributed by atoms with van der Waals surface area (Å²) in [7, 11) is 1.73. The van der Waals surface area contributed by atoms with Crippen molar-refractivity contribution in [3.8, 4) is 0 Å². The van der Waals surface area contributed by atoms with Crippen LogP contribution in [0.3, 0.4) is 0 Å². The molecule has 1 amide bonds. The molecule has 0 bridgehead atoms. The number of carbonyl (C=O) groups is 1. The fourth-order valence-corrected chi connectivity index (χ4v) is 3.80. The van der Waals surface area contributed by atoms with Crippen LogP contribution < -0.4 is 10.6 Å². The van der Waals surface area contributed by atoms with Crippen molar-refractivity contribution in [3.05, 3.63) is 29.8 Å². The Morgan fingerprint density at radius 2 is 1.92 bits per heavy atom. The molecule has 0 unspecified atom stereocenters. The standard InChI is InChI=1S/C18H28N2O2S.ClH/c1-14(2)23-16-6-4-15(5-7-16)17(21)20-12-18(13-22-3)8-10-19-11-9-18;/h4-7,14,19H,8-13H2,1-3H3,(H,20,21);1H. The van der Waals surface area contributed by atoms with Crippen molar-refractivity contribution in [2.75, 3.05) is 33.4 Å². The van der Waals surface area contributed by atoms with E-state index in [1.165, 1.54) is 4.90 Å². The van der Waals surface area contributed by atoms with E-state index in [4.69, 9.17) is 4.74 Å². The van der Waals surface area contributed by atoms with Crippen molar-refractivity contribution >= 4 is 30.1 Å². The first-order valence-corrected chi connectivity index (χ1v) is 9.17. The average Bonchev–Trinajstić information content (AvgIpc) is 2.54. The summed E-state index contributed by atoms with van der Waals surface area (Å²) in [5.41, 5.74) is 0.780. The second kappa shape index (κ2) is 10.3. The molecule has 1 saturated heterocycles. The molecule has 0 atom stereocenters. The van der Waals surface area contributed by atoms with Crippen LogP contribution in [0.1, 0.15) is 37.0 Å². The first-order chi connectivity index (χ1) is 11.0. The van der Waals surface area contributed by atoms with Gasteiger partial charge in [-0.15, -0.1) is 24.2 Å². The minimum absolute atomic E-state index is 0. The summed E-state index contributed by atoms with van der Waals surface area (Å²) in [5.74, 6) is 0.0000997. The van der Waals surface area contributed by atoms with Crippen LogP contribution in [0, 0.1) is 5.41 Å². The summed E-state index contributed by atoms with van der Waals surface area (Å²) in [6, 6.07) is 7.86. The van der Waals surface area contributed by atoms with Crippen molar-refractivity contribution in [1.82, 2.24) is 10.6 Å². The summed E-state index contributed by atoms with van der Waals surface area (Å²) in [6.45, 7) is 7.67. The zero-order valence-corrected chi connectivity index (χ0v) is 16.4. The highest BCUT2D eigenvalue weighted by molar-refractivity contribution is 7.99. The van der Waals surface area contributed by atoms with E-state index in [1.54, 1.807) is 18.9 Å². The lowest BCUT2D eigenvalue weighted by molar-refractivity contribution is 0.0511. The van der Waals surface area contributed by atoms with E-state index in [-0.39, 0.29) is 23.7 Å². The first kappa shape index (κ1) is 21.3. The number of rotatable bonds is 7. The second-order valence-electron chi connectivity index (χ2n) is 6.56. The minimum atomic E-state index is 0. The van der Waals surface area contributed by atoms with Gasteiger partial charge in [0.15, 0.2) is 0 Å². The van der Waals surface area contributed by atoms with Crippen LogP contribution in [0.4, 0.5) is 0 Å². The number of hydrogen-bond donors (Lipinski definition) is 2. The quantitative estimate of drug-likeness (QED) is 0.720.